The first kappa shape index (κ1) is 17.0. The maximum absolute atomic E-state index is 12.1. The summed E-state index contributed by atoms with van der Waals surface area (Å²) < 4.78 is 0. The van der Waals surface area contributed by atoms with Crippen LogP contribution in [0.15, 0.2) is 0 Å². The van der Waals surface area contributed by atoms with Crippen molar-refractivity contribution in [3.63, 3.8) is 0 Å². The maximum Gasteiger partial charge on any atom is 0.311 e. The molecule has 0 aliphatic carbocycles. The molecule has 1 fully saturated rings. The smallest absolute Gasteiger partial charge is 0.311 e. The molecule has 0 bridgehead atoms. The summed E-state index contributed by atoms with van der Waals surface area (Å²) >= 11 is 0. The van der Waals surface area contributed by atoms with Crippen molar-refractivity contribution in [2.75, 3.05) is 33.2 Å². The molecule has 0 spiro atoms. The summed E-state index contributed by atoms with van der Waals surface area (Å²) in [6.45, 7) is 13.2. The van der Waals surface area contributed by atoms with Gasteiger partial charge in [0.15, 0.2) is 0 Å². The molecule has 1 saturated heterocycles. The zero-order valence-corrected chi connectivity index (χ0v) is 13.7. The third-order valence-corrected chi connectivity index (χ3v) is 3.41. The lowest BCUT2D eigenvalue weighted by Gasteiger charge is -2.35. The minimum Gasteiger partial charge on any atom is -0.343 e. The van der Waals surface area contributed by atoms with Crippen LogP contribution < -0.4 is 5.32 Å². The highest BCUT2D eigenvalue weighted by Crippen LogP contribution is 2.26. The number of piperazine rings is 1. The van der Waals surface area contributed by atoms with Crippen molar-refractivity contribution in [3.8, 4) is 0 Å². The van der Waals surface area contributed by atoms with Crippen molar-refractivity contribution < 1.29 is 9.59 Å². The molecule has 5 nitrogen and oxygen atoms in total. The predicted molar refractivity (Wildman–Crippen MR) is 80.4 cm³/mol. The molecule has 0 aromatic heterocycles. The fraction of sp³-hybridized carbons (Fsp3) is 0.867. The maximum atomic E-state index is 12.1. The van der Waals surface area contributed by atoms with Gasteiger partial charge in [0.1, 0.15) is 0 Å². The molecular formula is C15H29N3O2. The Labute approximate surface area is 122 Å². The molecule has 0 aromatic rings. The predicted octanol–water partition coefficient (Wildman–Crippen LogP) is 1.09. The van der Waals surface area contributed by atoms with Crippen molar-refractivity contribution in [3.05, 3.63) is 0 Å². The van der Waals surface area contributed by atoms with Gasteiger partial charge >= 0.3 is 11.8 Å². The molecule has 116 valence electrons. The number of nitrogens with one attached hydrogen (secondary N) is 1. The minimum absolute atomic E-state index is 0.105. The van der Waals surface area contributed by atoms with E-state index < -0.39 is 11.8 Å². The second-order valence-corrected chi connectivity index (χ2v) is 7.67. The summed E-state index contributed by atoms with van der Waals surface area (Å²) in [6, 6.07) is 0. The van der Waals surface area contributed by atoms with E-state index in [9.17, 15) is 9.59 Å². The van der Waals surface area contributed by atoms with Gasteiger partial charge in [-0.1, -0.05) is 20.8 Å². The number of amides is 2. The second kappa shape index (κ2) is 6.12. The van der Waals surface area contributed by atoms with Crippen LogP contribution in [0.1, 0.15) is 41.0 Å². The SMILES string of the molecule is CN1CCN(C(=O)C(=O)NC(C)(C)CC(C)(C)C)CC1. The standard InChI is InChI=1S/C15H29N3O2/c1-14(2,3)11-15(4,5)16-12(19)13(20)18-9-7-17(6)8-10-18/h7-11H2,1-6H3,(H,16,19). The van der Waals surface area contributed by atoms with Crippen molar-refractivity contribution in [2.45, 2.75) is 46.6 Å². The van der Waals surface area contributed by atoms with Gasteiger partial charge in [-0.3, -0.25) is 9.59 Å². The van der Waals surface area contributed by atoms with Gasteiger partial charge in [0.25, 0.3) is 0 Å². The summed E-state index contributed by atoms with van der Waals surface area (Å²) in [6.07, 6.45) is 0.821. The molecule has 0 aromatic carbocycles. The monoisotopic (exact) mass is 283 g/mol. The molecule has 5 heteroatoms. The fourth-order valence-electron chi connectivity index (χ4n) is 2.88. The second-order valence-electron chi connectivity index (χ2n) is 7.67. The van der Waals surface area contributed by atoms with Crippen LogP contribution in [-0.4, -0.2) is 60.4 Å². The van der Waals surface area contributed by atoms with Crippen LogP contribution in [0.5, 0.6) is 0 Å². The largest absolute Gasteiger partial charge is 0.343 e. The highest BCUT2D eigenvalue weighted by Gasteiger charge is 2.31. The Morgan fingerprint density at radius 3 is 1.95 bits per heavy atom. The van der Waals surface area contributed by atoms with E-state index in [1.807, 2.05) is 20.9 Å². The van der Waals surface area contributed by atoms with Crippen LogP contribution in [0.2, 0.25) is 0 Å². The molecule has 0 atom stereocenters. The lowest BCUT2D eigenvalue weighted by molar-refractivity contribution is -0.147. The summed E-state index contributed by atoms with van der Waals surface area (Å²) in [5.41, 5.74) is -0.273. The van der Waals surface area contributed by atoms with Crippen LogP contribution in [-0.2, 0) is 9.59 Å². The van der Waals surface area contributed by atoms with E-state index in [0.29, 0.717) is 13.1 Å². The van der Waals surface area contributed by atoms with Gasteiger partial charge in [-0.25, -0.2) is 0 Å². The Balaban J connectivity index is 2.55. The molecular weight excluding hydrogens is 254 g/mol. The summed E-state index contributed by atoms with van der Waals surface area (Å²) in [7, 11) is 2.02. The van der Waals surface area contributed by atoms with Gasteiger partial charge in [0, 0.05) is 31.7 Å². The average molecular weight is 283 g/mol. The van der Waals surface area contributed by atoms with Gasteiger partial charge in [-0.15, -0.1) is 0 Å². The number of carbonyl (C=O) groups excluding carboxylic acids is 2. The van der Waals surface area contributed by atoms with Crippen LogP contribution in [0.25, 0.3) is 0 Å². The van der Waals surface area contributed by atoms with Crippen molar-refractivity contribution in [2.24, 2.45) is 5.41 Å². The lowest BCUT2D eigenvalue weighted by atomic mass is 9.82. The van der Waals surface area contributed by atoms with Crippen molar-refractivity contribution >= 4 is 11.8 Å². The van der Waals surface area contributed by atoms with Gasteiger partial charge in [-0.2, -0.15) is 0 Å². The number of hydrogen-bond acceptors (Lipinski definition) is 3. The number of carbonyl (C=O) groups is 2. The first-order valence-electron chi connectivity index (χ1n) is 7.30. The van der Waals surface area contributed by atoms with Crippen molar-refractivity contribution in [1.29, 1.82) is 0 Å². The van der Waals surface area contributed by atoms with E-state index in [2.05, 4.69) is 31.0 Å². The van der Waals surface area contributed by atoms with Crippen LogP contribution in [0.3, 0.4) is 0 Å². The fourth-order valence-corrected chi connectivity index (χ4v) is 2.88. The highest BCUT2D eigenvalue weighted by molar-refractivity contribution is 6.35. The van der Waals surface area contributed by atoms with Crippen LogP contribution >= 0.6 is 0 Å². The normalized spacial score (nSPS) is 18.0. The Morgan fingerprint density at radius 1 is 1.00 bits per heavy atom. The number of rotatable bonds is 2. The quantitative estimate of drug-likeness (QED) is 0.772. The van der Waals surface area contributed by atoms with E-state index in [1.165, 1.54) is 0 Å². The van der Waals surface area contributed by atoms with Crippen LogP contribution in [0, 0.1) is 5.41 Å². The molecule has 2 amide bonds. The van der Waals surface area contributed by atoms with E-state index in [4.69, 9.17) is 0 Å². The first-order chi connectivity index (χ1) is 9.00. The number of likely N-dealkylation sites (N-methyl/N-ethyl adjacent to an activating group) is 1. The molecule has 0 saturated carbocycles. The van der Waals surface area contributed by atoms with E-state index in [-0.39, 0.29) is 11.0 Å². The number of nitrogens with zero attached hydrogens (tertiary/aromatic N) is 2. The topological polar surface area (TPSA) is 52.7 Å². The van der Waals surface area contributed by atoms with Gasteiger partial charge < -0.3 is 15.1 Å². The molecule has 1 aliphatic rings. The zero-order valence-electron chi connectivity index (χ0n) is 13.7. The number of hydrogen-bond donors (Lipinski definition) is 1. The Morgan fingerprint density at radius 2 is 1.50 bits per heavy atom. The average Bonchev–Trinajstić information content (AvgIpc) is 2.24. The molecule has 1 N–H and O–H groups in total. The molecule has 20 heavy (non-hydrogen) atoms. The Kier molecular flexibility index (Phi) is 5.19. The molecule has 1 rings (SSSR count). The van der Waals surface area contributed by atoms with Gasteiger partial charge in [0.2, 0.25) is 0 Å². The highest BCUT2D eigenvalue weighted by atomic mass is 16.2. The minimum atomic E-state index is -0.483. The molecule has 0 radical (unpaired) electrons. The summed E-state index contributed by atoms with van der Waals surface area (Å²) in [5.74, 6) is -0.885. The van der Waals surface area contributed by atoms with Crippen molar-refractivity contribution in [1.82, 2.24) is 15.1 Å². The Hall–Kier alpha value is -1.10. The van der Waals surface area contributed by atoms with Gasteiger partial charge in [-0.05, 0) is 32.7 Å². The summed E-state index contributed by atoms with van der Waals surface area (Å²) in [5, 5.41) is 2.88. The lowest BCUT2D eigenvalue weighted by Crippen LogP contribution is -2.55. The van der Waals surface area contributed by atoms with E-state index >= 15 is 0 Å². The van der Waals surface area contributed by atoms with Crippen LogP contribution in [0.4, 0.5) is 0 Å². The molecule has 1 heterocycles. The third kappa shape index (κ3) is 5.49. The third-order valence-electron chi connectivity index (χ3n) is 3.41. The first-order valence-corrected chi connectivity index (χ1v) is 7.30. The van der Waals surface area contributed by atoms with E-state index in [0.717, 1.165) is 19.5 Å². The Bertz CT molecular complexity index is 364. The molecule has 0 unspecified atom stereocenters. The summed E-state index contributed by atoms with van der Waals surface area (Å²) in [4.78, 5) is 28.1. The zero-order chi connectivity index (χ0) is 15.6. The van der Waals surface area contributed by atoms with Gasteiger partial charge in [0.05, 0.1) is 0 Å². The molecule has 1 aliphatic heterocycles. The van der Waals surface area contributed by atoms with E-state index in [1.54, 1.807) is 4.90 Å².